The number of amides is 2. The van der Waals surface area contributed by atoms with Crippen LogP contribution >= 0.6 is 15.9 Å². The lowest BCUT2D eigenvalue weighted by atomic mass is 10.0. The van der Waals surface area contributed by atoms with E-state index in [4.69, 9.17) is 4.74 Å². The quantitative estimate of drug-likeness (QED) is 0.325. The molecule has 0 saturated heterocycles. The van der Waals surface area contributed by atoms with Gasteiger partial charge in [-0.1, -0.05) is 84.4 Å². The number of halogens is 1. The number of aryl methyl sites for hydroxylation is 2. The third-order valence-corrected chi connectivity index (χ3v) is 6.45. The molecule has 0 aliphatic rings. The van der Waals surface area contributed by atoms with Gasteiger partial charge in [-0.3, -0.25) is 9.59 Å². The molecule has 3 aromatic carbocycles. The van der Waals surface area contributed by atoms with E-state index in [2.05, 4.69) is 35.1 Å². The van der Waals surface area contributed by atoms with Crippen molar-refractivity contribution in [3.63, 3.8) is 0 Å². The number of carbonyl (C=O) groups is 2. The zero-order valence-electron chi connectivity index (χ0n) is 21.5. The van der Waals surface area contributed by atoms with E-state index >= 15 is 0 Å². The van der Waals surface area contributed by atoms with Crippen LogP contribution < -0.4 is 10.1 Å². The molecule has 0 heterocycles. The first kappa shape index (κ1) is 27.5. The predicted octanol–water partition coefficient (Wildman–Crippen LogP) is 5.86. The molecule has 0 aliphatic heterocycles. The fourth-order valence-corrected chi connectivity index (χ4v) is 4.11. The second-order valence-electron chi connectivity index (χ2n) is 9.55. The van der Waals surface area contributed by atoms with Gasteiger partial charge in [-0.25, -0.2) is 0 Å². The molecule has 0 saturated carbocycles. The maximum Gasteiger partial charge on any atom is 0.261 e. The molecule has 3 aromatic rings. The van der Waals surface area contributed by atoms with E-state index in [-0.39, 0.29) is 18.4 Å². The highest BCUT2D eigenvalue weighted by molar-refractivity contribution is 9.10. The third kappa shape index (κ3) is 8.23. The van der Waals surface area contributed by atoms with Gasteiger partial charge in [0.15, 0.2) is 6.61 Å². The maximum absolute atomic E-state index is 13.7. The van der Waals surface area contributed by atoms with Crippen LogP contribution in [0.15, 0.2) is 77.3 Å². The highest BCUT2D eigenvalue weighted by Gasteiger charge is 2.30. The first-order valence-electron chi connectivity index (χ1n) is 12.3. The molecule has 6 heteroatoms. The van der Waals surface area contributed by atoms with Crippen LogP contribution in [0.2, 0.25) is 0 Å². The maximum atomic E-state index is 13.7. The standard InChI is InChI=1S/C30H35BrN2O3/c1-21(2)18-32-30(35)27(17-24-8-6-5-7-9-24)33(19-25-12-14-26(31)15-13-25)29(34)20-36-28-16-22(3)10-11-23(28)4/h5-16,21,27H,17-20H2,1-4H3,(H,32,35)/t27-/m1/s1. The number of hydrogen-bond donors (Lipinski definition) is 1. The summed E-state index contributed by atoms with van der Waals surface area (Å²) in [6.07, 6.45) is 0.413. The molecule has 1 atom stereocenters. The van der Waals surface area contributed by atoms with Gasteiger partial charge < -0.3 is 15.0 Å². The fraction of sp³-hybridized carbons (Fsp3) is 0.333. The summed E-state index contributed by atoms with van der Waals surface area (Å²) in [4.78, 5) is 28.8. The summed E-state index contributed by atoms with van der Waals surface area (Å²) in [7, 11) is 0. The monoisotopic (exact) mass is 550 g/mol. The minimum atomic E-state index is -0.676. The zero-order valence-corrected chi connectivity index (χ0v) is 23.0. The van der Waals surface area contributed by atoms with Crippen molar-refractivity contribution in [3.05, 3.63) is 99.5 Å². The highest BCUT2D eigenvalue weighted by atomic mass is 79.9. The predicted molar refractivity (Wildman–Crippen MR) is 148 cm³/mol. The summed E-state index contributed by atoms with van der Waals surface area (Å²) in [6, 6.07) is 22.9. The van der Waals surface area contributed by atoms with Crippen molar-refractivity contribution in [1.82, 2.24) is 10.2 Å². The van der Waals surface area contributed by atoms with Crippen molar-refractivity contribution in [3.8, 4) is 5.75 Å². The first-order valence-corrected chi connectivity index (χ1v) is 13.1. The van der Waals surface area contributed by atoms with Gasteiger partial charge in [0.1, 0.15) is 11.8 Å². The summed E-state index contributed by atoms with van der Waals surface area (Å²) in [6.45, 7) is 8.74. The lowest BCUT2D eigenvalue weighted by Gasteiger charge is -2.32. The van der Waals surface area contributed by atoms with E-state index in [1.54, 1.807) is 4.90 Å². The molecule has 0 bridgehead atoms. The summed E-state index contributed by atoms with van der Waals surface area (Å²) in [5.74, 6) is 0.578. The number of benzene rings is 3. The molecule has 1 N–H and O–H groups in total. The van der Waals surface area contributed by atoms with Crippen LogP contribution in [0, 0.1) is 19.8 Å². The van der Waals surface area contributed by atoms with E-state index in [0.717, 1.165) is 26.7 Å². The van der Waals surface area contributed by atoms with Crippen LogP contribution in [0.4, 0.5) is 0 Å². The Morgan fingerprint density at radius 1 is 0.944 bits per heavy atom. The Kier molecular flexibility index (Phi) is 10.1. The van der Waals surface area contributed by atoms with E-state index in [1.807, 2.05) is 86.6 Å². The molecule has 190 valence electrons. The van der Waals surface area contributed by atoms with E-state index < -0.39 is 6.04 Å². The van der Waals surface area contributed by atoms with Crippen LogP contribution in [0.1, 0.15) is 36.1 Å². The van der Waals surface area contributed by atoms with E-state index in [1.165, 1.54) is 0 Å². The van der Waals surface area contributed by atoms with Crippen LogP contribution in [0.5, 0.6) is 5.75 Å². The highest BCUT2D eigenvalue weighted by Crippen LogP contribution is 2.21. The first-order chi connectivity index (χ1) is 17.2. The molecule has 0 fully saturated rings. The van der Waals surface area contributed by atoms with E-state index in [9.17, 15) is 9.59 Å². The van der Waals surface area contributed by atoms with Crippen molar-refractivity contribution < 1.29 is 14.3 Å². The second-order valence-corrected chi connectivity index (χ2v) is 10.5. The Morgan fingerprint density at radius 2 is 1.64 bits per heavy atom. The van der Waals surface area contributed by atoms with Crippen molar-refractivity contribution in [2.45, 2.75) is 46.7 Å². The molecule has 0 spiro atoms. The Hall–Kier alpha value is -3.12. The van der Waals surface area contributed by atoms with Crippen molar-refractivity contribution >= 4 is 27.7 Å². The van der Waals surface area contributed by atoms with Gasteiger partial charge in [0.2, 0.25) is 5.91 Å². The van der Waals surface area contributed by atoms with Gasteiger partial charge in [0.05, 0.1) is 0 Å². The molecule has 0 radical (unpaired) electrons. The molecular weight excluding hydrogens is 516 g/mol. The SMILES string of the molecule is Cc1ccc(C)c(OCC(=O)N(Cc2ccc(Br)cc2)[C@H](Cc2ccccc2)C(=O)NCC(C)C)c1. The van der Waals surface area contributed by atoms with Gasteiger partial charge >= 0.3 is 0 Å². The molecule has 2 amide bonds. The molecule has 36 heavy (non-hydrogen) atoms. The number of nitrogens with one attached hydrogen (secondary N) is 1. The minimum Gasteiger partial charge on any atom is -0.483 e. The molecule has 3 rings (SSSR count). The Morgan fingerprint density at radius 3 is 2.31 bits per heavy atom. The Bertz CT molecular complexity index is 1150. The van der Waals surface area contributed by atoms with Gasteiger partial charge in [0, 0.05) is 24.0 Å². The lowest BCUT2D eigenvalue weighted by molar-refractivity contribution is -0.142. The zero-order chi connectivity index (χ0) is 26.1. The molecule has 5 nitrogen and oxygen atoms in total. The minimum absolute atomic E-state index is 0.149. The number of carbonyl (C=O) groups excluding carboxylic acids is 2. The van der Waals surface area contributed by atoms with Crippen molar-refractivity contribution in [2.75, 3.05) is 13.2 Å². The topological polar surface area (TPSA) is 58.6 Å². The second kappa shape index (κ2) is 13.3. The number of hydrogen-bond acceptors (Lipinski definition) is 3. The van der Waals surface area contributed by atoms with Crippen molar-refractivity contribution in [1.29, 1.82) is 0 Å². The van der Waals surface area contributed by atoms with Crippen LogP contribution in [0.25, 0.3) is 0 Å². The average Bonchev–Trinajstić information content (AvgIpc) is 2.86. The number of ether oxygens (including phenoxy) is 1. The fourth-order valence-electron chi connectivity index (χ4n) is 3.85. The molecule has 0 aromatic heterocycles. The Labute approximate surface area is 223 Å². The van der Waals surface area contributed by atoms with Crippen LogP contribution in [0.3, 0.4) is 0 Å². The molecule has 0 unspecified atom stereocenters. The largest absolute Gasteiger partial charge is 0.483 e. The smallest absolute Gasteiger partial charge is 0.261 e. The van der Waals surface area contributed by atoms with Gasteiger partial charge in [-0.15, -0.1) is 0 Å². The van der Waals surface area contributed by atoms with Gasteiger partial charge in [0.25, 0.3) is 5.91 Å². The van der Waals surface area contributed by atoms with Crippen LogP contribution in [-0.4, -0.2) is 35.9 Å². The number of nitrogens with zero attached hydrogens (tertiary/aromatic N) is 1. The van der Waals surface area contributed by atoms with Crippen LogP contribution in [-0.2, 0) is 22.6 Å². The molecule has 0 aliphatic carbocycles. The van der Waals surface area contributed by atoms with Crippen molar-refractivity contribution in [2.24, 2.45) is 5.92 Å². The van der Waals surface area contributed by atoms with Gasteiger partial charge in [-0.2, -0.15) is 0 Å². The normalized spacial score (nSPS) is 11.7. The summed E-state index contributed by atoms with van der Waals surface area (Å²) in [5, 5.41) is 3.04. The molecular formula is C30H35BrN2O3. The van der Waals surface area contributed by atoms with E-state index in [0.29, 0.717) is 31.2 Å². The summed E-state index contributed by atoms with van der Waals surface area (Å²) >= 11 is 3.47. The average molecular weight is 552 g/mol. The third-order valence-electron chi connectivity index (χ3n) is 5.92. The summed E-state index contributed by atoms with van der Waals surface area (Å²) in [5.41, 5.74) is 3.95. The lowest BCUT2D eigenvalue weighted by Crippen LogP contribution is -2.52. The Balaban J connectivity index is 1.91. The summed E-state index contributed by atoms with van der Waals surface area (Å²) < 4.78 is 6.92. The number of rotatable bonds is 11. The van der Waals surface area contributed by atoms with Gasteiger partial charge in [-0.05, 0) is 60.2 Å².